The molecule has 2 rings (SSSR count). The van der Waals surface area contributed by atoms with Gasteiger partial charge in [-0.05, 0) is 18.8 Å². The standard InChI is InChI=1S/C13H16ClN3O3/c1-8-4-2-3-5-13(8,12(19)20)17-11(18)9-6-15-7-10(14)16-9/h6-8H,2-5H2,1H3,(H,17,18)(H,19,20). The largest absolute Gasteiger partial charge is 0.479 e. The minimum atomic E-state index is -1.24. The van der Waals surface area contributed by atoms with Crippen molar-refractivity contribution < 1.29 is 14.7 Å². The molecule has 2 N–H and O–H groups in total. The summed E-state index contributed by atoms with van der Waals surface area (Å²) in [7, 11) is 0. The SMILES string of the molecule is CC1CCCCC1(NC(=O)c1cncc(Cl)n1)C(=O)O. The number of hydrogen-bond donors (Lipinski definition) is 2. The molecular weight excluding hydrogens is 282 g/mol. The van der Waals surface area contributed by atoms with Crippen LogP contribution in [0.25, 0.3) is 0 Å². The average molecular weight is 298 g/mol. The number of nitrogens with zero attached hydrogens (tertiary/aromatic N) is 2. The van der Waals surface area contributed by atoms with Crippen LogP contribution in [0.2, 0.25) is 5.15 Å². The molecule has 20 heavy (non-hydrogen) atoms. The van der Waals surface area contributed by atoms with Crippen molar-refractivity contribution in [3.05, 3.63) is 23.2 Å². The first-order valence-corrected chi connectivity index (χ1v) is 6.87. The van der Waals surface area contributed by atoms with Crippen molar-refractivity contribution in [2.45, 2.75) is 38.1 Å². The number of aliphatic carboxylic acids is 1. The second-order valence-electron chi connectivity index (χ2n) is 5.10. The lowest BCUT2D eigenvalue weighted by Gasteiger charge is -2.39. The van der Waals surface area contributed by atoms with Crippen LogP contribution in [0.5, 0.6) is 0 Å². The van der Waals surface area contributed by atoms with Gasteiger partial charge in [0.2, 0.25) is 0 Å². The zero-order valence-electron chi connectivity index (χ0n) is 11.1. The Morgan fingerprint density at radius 3 is 2.80 bits per heavy atom. The molecule has 0 spiro atoms. The molecule has 1 heterocycles. The summed E-state index contributed by atoms with van der Waals surface area (Å²) in [6.07, 6.45) is 5.52. The van der Waals surface area contributed by atoms with Crippen molar-refractivity contribution in [1.29, 1.82) is 0 Å². The fourth-order valence-electron chi connectivity index (χ4n) is 2.62. The van der Waals surface area contributed by atoms with Crippen molar-refractivity contribution in [2.75, 3.05) is 0 Å². The normalized spacial score (nSPS) is 26.0. The van der Waals surface area contributed by atoms with E-state index >= 15 is 0 Å². The van der Waals surface area contributed by atoms with Crippen molar-refractivity contribution in [3.63, 3.8) is 0 Å². The second kappa shape index (κ2) is 5.75. The molecule has 0 aromatic carbocycles. The molecule has 0 aliphatic heterocycles. The molecule has 0 bridgehead atoms. The van der Waals surface area contributed by atoms with Crippen LogP contribution in [0.4, 0.5) is 0 Å². The highest BCUT2D eigenvalue weighted by atomic mass is 35.5. The molecule has 0 radical (unpaired) electrons. The van der Waals surface area contributed by atoms with Gasteiger partial charge in [-0.2, -0.15) is 0 Å². The molecule has 1 fully saturated rings. The van der Waals surface area contributed by atoms with Gasteiger partial charge in [-0.25, -0.2) is 9.78 Å². The fourth-order valence-corrected chi connectivity index (χ4v) is 2.77. The monoisotopic (exact) mass is 297 g/mol. The van der Waals surface area contributed by atoms with Gasteiger partial charge >= 0.3 is 5.97 Å². The number of carboxylic acid groups (broad SMARTS) is 1. The molecule has 1 saturated carbocycles. The van der Waals surface area contributed by atoms with Crippen molar-refractivity contribution in [2.24, 2.45) is 5.92 Å². The summed E-state index contributed by atoms with van der Waals surface area (Å²) in [5, 5.41) is 12.3. The van der Waals surface area contributed by atoms with E-state index in [1.54, 1.807) is 0 Å². The molecule has 1 aliphatic rings. The van der Waals surface area contributed by atoms with Crippen molar-refractivity contribution >= 4 is 23.5 Å². The Bertz CT molecular complexity index is 537. The highest BCUT2D eigenvalue weighted by Crippen LogP contribution is 2.34. The van der Waals surface area contributed by atoms with Crippen LogP contribution in [0.15, 0.2) is 12.4 Å². The van der Waals surface area contributed by atoms with Gasteiger partial charge in [-0.3, -0.25) is 9.78 Å². The summed E-state index contributed by atoms with van der Waals surface area (Å²) in [5.74, 6) is -1.70. The van der Waals surface area contributed by atoms with E-state index < -0.39 is 17.4 Å². The Morgan fingerprint density at radius 1 is 1.45 bits per heavy atom. The number of carboxylic acids is 1. The number of aromatic nitrogens is 2. The van der Waals surface area contributed by atoms with Gasteiger partial charge in [0.25, 0.3) is 5.91 Å². The third-order valence-electron chi connectivity index (χ3n) is 3.86. The van der Waals surface area contributed by atoms with Crippen LogP contribution >= 0.6 is 11.6 Å². The zero-order chi connectivity index (χ0) is 14.8. The van der Waals surface area contributed by atoms with E-state index in [0.29, 0.717) is 6.42 Å². The van der Waals surface area contributed by atoms with E-state index in [9.17, 15) is 14.7 Å². The average Bonchev–Trinajstić information content (AvgIpc) is 2.41. The lowest BCUT2D eigenvalue weighted by molar-refractivity contribution is -0.148. The maximum atomic E-state index is 12.2. The van der Waals surface area contributed by atoms with Crippen LogP contribution in [0, 0.1) is 5.92 Å². The smallest absolute Gasteiger partial charge is 0.329 e. The molecule has 2 atom stereocenters. The summed E-state index contributed by atoms with van der Waals surface area (Å²) in [4.78, 5) is 31.5. The highest BCUT2D eigenvalue weighted by molar-refractivity contribution is 6.29. The first kappa shape index (κ1) is 14.7. The van der Waals surface area contributed by atoms with Crippen LogP contribution in [0.1, 0.15) is 43.1 Å². The van der Waals surface area contributed by atoms with E-state index in [-0.39, 0.29) is 16.8 Å². The lowest BCUT2D eigenvalue weighted by atomic mass is 9.73. The Balaban J connectivity index is 2.24. The fraction of sp³-hybridized carbons (Fsp3) is 0.538. The number of hydrogen-bond acceptors (Lipinski definition) is 4. The highest BCUT2D eigenvalue weighted by Gasteiger charge is 2.46. The van der Waals surface area contributed by atoms with Gasteiger partial charge in [0.1, 0.15) is 16.4 Å². The van der Waals surface area contributed by atoms with E-state index in [4.69, 9.17) is 11.6 Å². The van der Waals surface area contributed by atoms with Gasteiger partial charge in [0.15, 0.2) is 0 Å². The maximum Gasteiger partial charge on any atom is 0.329 e. The molecule has 108 valence electrons. The third-order valence-corrected chi connectivity index (χ3v) is 4.04. The van der Waals surface area contributed by atoms with Crippen LogP contribution in [-0.2, 0) is 4.79 Å². The van der Waals surface area contributed by atoms with Crippen molar-refractivity contribution in [1.82, 2.24) is 15.3 Å². The molecule has 2 unspecified atom stereocenters. The van der Waals surface area contributed by atoms with Gasteiger partial charge in [0.05, 0.1) is 12.4 Å². The first-order chi connectivity index (χ1) is 9.45. The summed E-state index contributed by atoms with van der Waals surface area (Å²) < 4.78 is 0. The Kier molecular flexibility index (Phi) is 4.23. The first-order valence-electron chi connectivity index (χ1n) is 6.49. The summed E-state index contributed by atoms with van der Waals surface area (Å²) in [5.41, 5.74) is -1.21. The minimum Gasteiger partial charge on any atom is -0.479 e. The molecule has 6 nitrogen and oxygen atoms in total. The van der Waals surface area contributed by atoms with Crippen LogP contribution < -0.4 is 5.32 Å². The van der Waals surface area contributed by atoms with E-state index in [0.717, 1.165) is 19.3 Å². The predicted octanol–water partition coefficient (Wildman–Crippen LogP) is 1.89. The number of amides is 1. The third kappa shape index (κ3) is 2.75. The molecule has 1 aromatic heterocycles. The molecule has 1 aromatic rings. The number of carbonyl (C=O) groups is 2. The van der Waals surface area contributed by atoms with Gasteiger partial charge in [-0.15, -0.1) is 0 Å². The van der Waals surface area contributed by atoms with Gasteiger partial charge < -0.3 is 10.4 Å². The predicted molar refractivity (Wildman–Crippen MR) is 72.5 cm³/mol. The summed E-state index contributed by atoms with van der Waals surface area (Å²) in [6.45, 7) is 1.84. The summed E-state index contributed by atoms with van der Waals surface area (Å²) >= 11 is 5.69. The molecule has 0 saturated heterocycles. The maximum absolute atomic E-state index is 12.2. The van der Waals surface area contributed by atoms with E-state index in [2.05, 4.69) is 15.3 Å². The number of nitrogens with one attached hydrogen (secondary N) is 1. The zero-order valence-corrected chi connectivity index (χ0v) is 11.9. The van der Waals surface area contributed by atoms with Crippen molar-refractivity contribution in [3.8, 4) is 0 Å². The topological polar surface area (TPSA) is 92.2 Å². The van der Waals surface area contributed by atoms with E-state index in [1.165, 1.54) is 12.4 Å². The molecule has 1 amide bonds. The lowest BCUT2D eigenvalue weighted by Crippen LogP contribution is -2.60. The van der Waals surface area contributed by atoms with Crippen LogP contribution in [0.3, 0.4) is 0 Å². The van der Waals surface area contributed by atoms with E-state index in [1.807, 2.05) is 6.92 Å². The van der Waals surface area contributed by atoms with Gasteiger partial charge in [-0.1, -0.05) is 31.4 Å². The molecular formula is C13H16ClN3O3. The molecule has 7 heteroatoms. The number of halogens is 1. The Labute approximate surface area is 121 Å². The number of carbonyl (C=O) groups excluding carboxylic acids is 1. The quantitative estimate of drug-likeness (QED) is 0.889. The Morgan fingerprint density at radius 2 is 2.20 bits per heavy atom. The number of rotatable bonds is 3. The Hall–Kier alpha value is -1.69. The van der Waals surface area contributed by atoms with Gasteiger partial charge in [0, 0.05) is 0 Å². The van der Waals surface area contributed by atoms with Crippen LogP contribution in [-0.4, -0.2) is 32.5 Å². The molecule has 1 aliphatic carbocycles. The minimum absolute atomic E-state index is 0.0240. The second-order valence-corrected chi connectivity index (χ2v) is 5.49. The summed E-state index contributed by atoms with van der Waals surface area (Å²) in [6, 6.07) is 0.